The largest absolute Gasteiger partial charge is 0.462 e. The van der Waals surface area contributed by atoms with E-state index in [1.54, 1.807) is 13.8 Å². The van der Waals surface area contributed by atoms with E-state index in [0.717, 1.165) is 66.4 Å². The maximum atomic E-state index is 14.1. The van der Waals surface area contributed by atoms with Gasteiger partial charge < -0.3 is 29.3 Å². The number of nitrogens with one attached hydrogen (secondary N) is 1. The van der Waals surface area contributed by atoms with Gasteiger partial charge in [0.1, 0.15) is 19.3 Å². The lowest BCUT2D eigenvalue weighted by atomic mass is 9.79. The molecule has 1 N–H and O–H groups in total. The summed E-state index contributed by atoms with van der Waals surface area (Å²) in [5.74, 6) is -2.58. The number of anilines is 5. The molecular formula is C63H75N3O6. The van der Waals surface area contributed by atoms with Gasteiger partial charge in [0.25, 0.3) is 0 Å². The van der Waals surface area contributed by atoms with Crippen molar-refractivity contribution in [2.75, 3.05) is 42.4 Å². The van der Waals surface area contributed by atoms with Crippen LogP contribution in [0.5, 0.6) is 0 Å². The Morgan fingerprint density at radius 1 is 0.569 bits per heavy atom. The van der Waals surface area contributed by atoms with Crippen molar-refractivity contribution in [2.24, 2.45) is 17.8 Å². The number of aryl methyl sites for hydroxylation is 6. The highest BCUT2D eigenvalue weighted by molar-refractivity contribution is 5.97. The Bertz CT molecular complexity index is 2740. The first-order chi connectivity index (χ1) is 34.6. The fourth-order valence-electron chi connectivity index (χ4n) is 11.8. The van der Waals surface area contributed by atoms with Gasteiger partial charge in [0, 0.05) is 53.8 Å². The zero-order chi connectivity index (χ0) is 51.2. The van der Waals surface area contributed by atoms with Crippen LogP contribution in [0, 0.1) is 59.3 Å². The van der Waals surface area contributed by atoms with Gasteiger partial charge in [-0.3, -0.25) is 14.4 Å². The molecule has 72 heavy (non-hydrogen) atoms. The van der Waals surface area contributed by atoms with E-state index in [1.165, 1.54) is 61.4 Å². The van der Waals surface area contributed by atoms with Crippen molar-refractivity contribution in [2.45, 2.75) is 125 Å². The van der Waals surface area contributed by atoms with Crippen molar-refractivity contribution < 1.29 is 28.6 Å². The van der Waals surface area contributed by atoms with Gasteiger partial charge in [-0.1, -0.05) is 123 Å². The Balaban J connectivity index is 1.08. The molecular weight excluding hydrogens is 895 g/mol. The smallest absolute Gasteiger partial charge is 0.310 e. The van der Waals surface area contributed by atoms with E-state index in [0.29, 0.717) is 12.8 Å². The van der Waals surface area contributed by atoms with Gasteiger partial charge in [0.2, 0.25) is 0 Å². The second-order valence-corrected chi connectivity index (χ2v) is 21.0. The van der Waals surface area contributed by atoms with Crippen LogP contribution >= 0.6 is 0 Å². The van der Waals surface area contributed by atoms with Gasteiger partial charge in [-0.05, 0) is 148 Å². The second-order valence-electron chi connectivity index (χ2n) is 21.0. The molecule has 9 heteroatoms. The first kappa shape index (κ1) is 51.7. The molecule has 0 amide bonds. The van der Waals surface area contributed by atoms with Gasteiger partial charge in [0.05, 0.1) is 23.8 Å². The normalized spacial score (nSPS) is 17.9. The number of esters is 3. The second kappa shape index (κ2) is 22.9. The molecule has 0 bridgehead atoms. The molecule has 9 nitrogen and oxygen atoms in total. The van der Waals surface area contributed by atoms with Crippen LogP contribution in [0.2, 0.25) is 0 Å². The highest BCUT2D eigenvalue weighted by atomic mass is 16.6. The molecule has 378 valence electrons. The summed E-state index contributed by atoms with van der Waals surface area (Å²) in [5.41, 5.74) is 16.9. The van der Waals surface area contributed by atoms with Crippen molar-refractivity contribution in [3.63, 3.8) is 0 Å². The van der Waals surface area contributed by atoms with E-state index in [4.69, 9.17) is 14.2 Å². The number of hydrogen-bond acceptors (Lipinski definition) is 9. The van der Waals surface area contributed by atoms with Crippen molar-refractivity contribution in [1.29, 1.82) is 0 Å². The highest BCUT2D eigenvalue weighted by Crippen LogP contribution is 2.42. The third-order valence-corrected chi connectivity index (χ3v) is 15.2. The number of hydrogen-bond donors (Lipinski definition) is 1. The van der Waals surface area contributed by atoms with Crippen LogP contribution in [-0.2, 0) is 28.6 Å². The molecule has 4 unspecified atom stereocenters. The standard InChI is InChI=1S/C63H75N3O6/c1-39(2)61(67)70-33-34-71-62(68)53-19-13-14-20-54(53)63(69)72-57-22-16-15-21-56(57)64-55-32-31-52(50-17-11-12-18-51(50)55)58(46-23-27-48(28-24-46)65(9)59-42(5)35-40(3)36-43(59)6)47-25-29-49(30-26-47)66(10)60-44(7)37-41(4)38-45(60)8/h11-12,17-18,23-32,35-39,53-54,56-58,64H,13-16,19-22,33-34H2,1-10H3. The molecule has 8 rings (SSSR count). The quantitative estimate of drug-likeness (QED) is 0.0440. The third kappa shape index (κ3) is 11.5. The van der Waals surface area contributed by atoms with Crippen LogP contribution in [0.1, 0.15) is 121 Å². The number of ether oxygens (including phenoxy) is 3. The summed E-state index contributed by atoms with van der Waals surface area (Å²) in [6.07, 6.45) is 6.07. The average molecular weight is 970 g/mol. The van der Waals surface area contributed by atoms with Crippen LogP contribution in [0.3, 0.4) is 0 Å². The molecule has 2 aliphatic carbocycles. The van der Waals surface area contributed by atoms with Crippen molar-refractivity contribution in [1.82, 2.24) is 0 Å². The van der Waals surface area contributed by atoms with E-state index in [2.05, 4.69) is 180 Å². The summed E-state index contributed by atoms with van der Waals surface area (Å²) < 4.78 is 17.2. The van der Waals surface area contributed by atoms with E-state index in [9.17, 15) is 14.4 Å². The lowest BCUT2D eigenvalue weighted by Gasteiger charge is -2.35. The maximum Gasteiger partial charge on any atom is 0.310 e. The van der Waals surface area contributed by atoms with Crippen LogP contribution in [0.15, 0.2) is 109 Å². The van der Waals surface area contributed by atoms with Gasteiger partial charge in [0.15, 0.2) is 0 Å². The molecule has 6 aromatic carbocycles. The predicted molar refractivity (Wildman–Crippen MR) is 293 cm³/mol. The molecule has 0 radical (unpaired) electrons. The van der Waals surface area contributed by atoms with Crippen molar-refractivity contribution in [3.05, 3.63) is 159 Å². The Hall–Kier alpha value is -6.61. The first-order valence-corrected chi connectivity index (χ1v) is 26.2. The fourth-order valence-corrected chi connectivity index (χ4v) is 11.8. The minimum atomic E-state index is -0.580. The Morgan fingerprint density at radius 2 is 1.04 bits per heavy atom. The predicted octanol–water partition coefficient (Wildman–Crippen LogP) is 14.2. The van der Waals surface area contributed by atoms with Gasteiger partial charge in [-0.2, -0.15) is 0 Å². The SMILES string of the molecule is Cc1cc(C)c(N(C)c2ccc(C(c3ccc(N(C)c4c(C)cc(C)cc4C)cc3)c3ccc(NC4CCCCC4OC(=O)C4CCCCC4C(=O)OCCOC(=O)C(C)C)c4ccccc34)cc2)c(C)c1. The van der Waals surface area contributed by atoms with Crippen LogP contribution in [0.25, 0.3) is 10.8 Å². The zero-order valence-corrected chi connectivity index (χ0v) is 44.3. The minimum absolute atomic E-state index is 0.00480. The van der Waals surface area contributed by atoms with Gasteiger partial charge in [-0.25, -0.2) is 0 Å². The lowest BCUT2D eigenvalue weighted by molar-refractivity contribution is -0.168. The summed E-state index contributed by atoms with van der Waals surface area (Å²) in [7, 11) is 4.31. The number of carbonyl (C=O) groups excluding carboxylic acids is 3. The molecule has 0 aromatic heterocycles. The minimum Gasteiger partial charge on any atom is -0.462 e. The first-order valence-electron chi connectivity index (χ1n) is 26.2. The van der Waals surface area contributed by atoms with E-state index < -0.39 is 17.8 Å². The number of carbonyl (C=O) groups is 3. The maximum absolute atomic E-state index is 14.1. The molecule has 0 heterocycles. The van der Waals surface area contributed by atoms with E-state index in [1.807, 2.05) is 0 Å². The van der Waals surface area contributed by atoms with Crippen LogP contribution in [-0.4, -0.2) is 57.4 Å². The van der Waals surface area contributed by atoms with Crippen molar-refractivity contribution >= 4 is 57.1 Å². The molecule has 0 aliphatic heterocycles. The van der Waals surface area contributed by atoms with Crippen LogP contribution < -0.4 is 15.1 Å². The molecule has 0 spiro atoms. The number of benzene rings is 6. The molecule has 2 saturated carbocycles. The van der Waals surface area contributed by atoms with E-state index >= 15 is 0 Å². The third-order valence-electron chi connectivity index (χ3n) is 15.2. The van der Waals surface area contributed by atoms with Gasteiger partial charge >= 0.3 is 17.9 Å². The summed E-state index contributed by atoms with van der Waals surface area (Å²) in [6, 6.07) is 40.2. The molecule has 2 aliphatic rings. The lowest BCUT2D eigenvalue weighted by Crippen LogP contribution is -2.43. The molecule has 2 fully saturated rings. The molecule has 0 saturated heterocycles. The fraction of sp³-hybridized carbons (Fsp3) is 0.413. The number of rotatable bonds is 16. The topological polar surface area (TPSA) is 97.4 Å². The summed E-state index contributed by atoms with van der Waals surface area (Å²) in [5, 5.41) is 6.14. The summed E-state index contributed by atoms with van der Waals surface area (Å²) in [6.45, 7) is 16.6. The Labute approximate surface area is 428 Å². The van der Waals surface area contributed by atoms with Crippen LogP contribution in [0.4, 0.5) is 28.4 Å². The van der Waals surface area contributed by atoms with E-state index in [-0.39, 0.29) is 49.1 Å². The number of fused-ring (bicyclic) bond motifs is 1. The summed E-state index contributed by atoms with van der Waals surface area (Å²) in [4.78, 5) is 43.9. The monoisotopic (exact) mass is 970 g/mol. The molecule has 6 aromatic rings. The Kier molecular flexibility index (Phi) is 16.4. The van der Waals surface area contributed by atoms with Crippen molar-refractivity contribution in [3.8, 4) is 0 Å². The Morgan fingerprint density at radius 3 is 1.57 bits per heavy atom. The zero-order valence-electron chi connectivity index (χ0n) is 44.3. The summed E-state index contributed by atoms with van der Waals surface area (Å²) >= 11 is 0. The molecule has 4 atom stereocenters. The number of nitrogens with zero attached hydrogens (tertiary/aromatic N) is 2. The average Bonchev–Trinajstić information content (AvgIpc) is 3.36. The van der Waals surface area contributed by atoms with Gasteiger partial charge in [-0.15, -0.1) is 0 Å². The highest BCUT2D eigenvalue weighted by Gasteiger charge is 2.40.